The minimum atomic E-state index is -0.396. The molecule has 1 aromatic rings. The smallest absolute Gasteiger partial charge is 0.410 e. The normalized spacial score (nSPS) is 15.2. The zero-order chi connectivity index (χ0) is 15.8. The fourth-order valence-corrected chi connectivity index (χ4v) is 2.36. The number of carbonyl (C=O) groups is 2. The predicted molar refractivity (Wildman–Crippen MR) is 81.4 cm³/mol. The van der Waals surface area contributed by atoms with Crippen molar-refractivity contribution in [3.63, 3.8) is 0 Å². The van der Waals surface area contributed by atoms with Crippen LogP contribution in [0.4, 0.5) is 9.59 Å². The number of alkyl carbamates (subject to hydrolysis) is 1. The molecule has 6 nitrogen and oxygen atoms in total. The number of nitrogens with zero attached hydrogens (tertiary/aromatic N) is 1. The summed E-state index contributed by atoms with van der Waals surface area (Å²) in [7, 11) is 0. The second kappa shape index (κ2) is 8.26. The van der Waals surface area contributed by atoms with E-state index in [-0.39, 0.29) is 18.7 Å². The summed E-state index contributed by atoms with van der Waals surface area (Å²) in [5.41, 5.74) is 0.967. The van der Waals surface area contributed by atoms with Gasteiger partial charge in [-0.3, -0.25) is 0 Å². The lowest BCUT2D eigenvalue weighted by Crippen LogP contribution is -2.46. The van der Waals surface area contributed by atoms with E-state index in [2.05, 4.69) is 5.32 Å². The van der Waals surface area contributed by atoms with Gasteiger partial charge in [0.1, 0.15) is 6.61 Å². The summed E-state index contributed by atoms with van der Waals surface area (Å²) in [6, 6.07) is 9.64. The Bertz CT molecular complexity index is 484. The number of likely N-dealkylation sites (tertiary alicyclic amines) is 1. The molecular weight excluding hydrogens is 284 g/mol. The first-order valence-electron chi connectivity index (χ1n) is 7.58. The van der Waals surface area contributed by atoms with E-state index in [0.29, 0.717) is 32.5 Å². The quantitative estimate of drug-likeness (QED) is 0.928. The SMILES string of the molecule is CCOC(=O)NC1CCN(C(=O)OCc2ccccc2)CC1. The first kappa shape index (κ1) is 16.1. The van der Waals surface area contributed by atoms with Crippen molar-refractivity contribution in [2.75, 3.05) is 19.7 Å². The summed E-state index contributed by atoms with van der Waals surface area (Å²) in [5, 5.41) is 2.80. The zero-order valence-electron chi connectivity index (χ0n) is 12.8. The third-order valence-corrected chi connectivity index (χ3v) is 3.56. The summed E-state index contributed by atoms with van der Waals surface area (Å²) in [6.45, 7) is 3.55. The van der Waals surface area contributed by atoms with Crippen molar-refractivity contribution in [2.24, 2.45) is 0 Å². The Morgan fingerprint density at radius 3 is 2.50 bits per heavy atom. The van der Waals surface area contributed by atoms with Gasteiger partial charge in [0.05, 0.1) is 6.61 Å². The van der Waals surface area contributed by atoms with E-state index in [1.165, 1.54) is 0 Å². The molecule has 0 aromatic heterocycles. The van der Waals surface area contributed by atoms with Crippen molar-refractivity contribution < 1.29 is 19.1 Å². The van der Waals surface area contributed by atoms with Gasteiger partial charge in [-0.25, -0.2) is 9.59 Å². The molecule has 1 aliphatic rings. The van der Waals surface area contributed by atoms with Gasteiger partial charge in [0.25, 0.3) is 0 Å². The Balaban J connectivity index is 1.69. The van der Waals surface area contributed by atoms with Crippen LogP contribution in [0.5, 0.6) is 0 Å². The highest BCUT2D eigenvalue weighted by atomic mass is 16.6. The van der Waals surface area contributed by atoms with Crippen LogP contribution < -0.4 is 5.32 Å². The monoisotopic (exact) mass is 306 g/mol. The molecule has 1 heterocycles. The van der Waals surface area contributed by atoms with Gasteiger partial charge >= 0.3 is 12.2 Å². The number of rotatable bonds is 4. The van der Waals surface area contributed by atoms with Crippen LogP contribution in [0.25, 0.3) is 0 Å². The van der Waals surface area contributed by atoms with Gasteiger partial charge in [0.2, 0.25) is 0 Å². The standard InChI is InChI=1S/C16H22N2O4/c1-2-21-15(19)17-14-8-10-18(11-9-14)16(20)22-12-13-6-4-3-5-7-13/h3-7,14H,2,8-12H2,1H3,(H,17,19). The van der Waals surface area contributed by atoms with Gasteiger partial charge in [0, 0.05) is 19.1 Å². The molecular formula is C16H22N2O4. The maximum absolute atomic E-state index is 12.0. The molecule has 0 unspecified atom stereocenters. The molecule has 0 saturated carbocycles. The number of ether oxygens (including phenoxy) is 2. The number of amides is 2. The molecule has 2 rings (SSSR count). The van der Waals surface area contributed by atoms with Crippen molar-refractivity contribution >= 4 is 12.2 Å². The molecule has 1 aliphatic heterocycles. The van der Waals surface area contributed by atoms with E-state index >= 15 is 0 Å². The molecule has 6 heteroatoms. The number of nitrogens with one attached hydrogen (secondary N) is 1. The summed E-state index contributed by atoms with van der Waals surface area (Å²) in [6.07, 6.45) is 0.712. The van der Waals surface area contributed by atoms with Gasteiger partial charge in [-0.15, -0.1) is 0 Å². The van der Waals surface area contributed by atoms with E-state index < -0.39 is 6.09 Å². The molecule has 0 spiro atoms. The van der Waals surface area contributed by atoms with Gasteiger partial charge in [-0.05, 0) is 25.3 Å². The minimum Gasteiger partial charge on any atom is -0.450 e. The minimum absolute atomic E-state index is 0.0530. The third-order valence-electron chi connectivity index (χ3n) is 3.56. The first-order chi connectivity index (χ1) is 10.7. The highest BCUT2D eigenvalue weighted by Gasteiger charge is 2.24. The average Bonchev–Trinajstić information content (AvgIpc) is 2.54. The number of hydrogen-bond acceptors (Lipinski definition) is 4. The van der Waals surface area contributed by atoms with Crippen molar-refractivity contribution in [3.05, 3.63) is 35.9 Å². The largest absolute Gasteiger partial charge is 0.450 e. The fraction of sp³-hybridized carbons (Fsp3) is 0.500. The third kappa shape index (κ3) is 4.95. The summed E-state index contributed by atoms with van der Waals surface area (Å²) in [4.78, 5) is 25.0. The molecule has 120 valence electrons. The van der Waals surface area contributed by atoms with Crippen LogP contribution in [0.2, 0.25) is 0 Å². The number of carbonyl (C=O) groups excluding carboxylic acids is 2. The predicted octanol–water partition coefficient (Wildman–Crippen LogP) is 2.53. The maximum Gasteiger partial charge on any atom is 0.410 e. The Morgan fingerprint density at radius 2 is 1.86 bits per heavy atom. The number of hydrogen-bond donors (Lipinski definition) is 1. The highest BCUT2D eigenvalue weighted by molar-refractivity contribution is 5.68. The van der Waals surface area contributed by atoms with Crippen molar-refractivity contribution in [1.82, 2.24) is 10.2 Å². The van der Waals surface area contributed by atoms with Crippen LogP contribution >= 0.6 is 0 Å². The van der Waals surface area contributed by atoms with E-state index in [9.17, 15) is 9.59 Å². The molecule has 1 N–H and O–H groups in total. The molecule has 2 amide bonds. The zero-order valence-corrected chi connectivity index (χ0v) is 12.8. The number of benzene rings is 1. The highest BCUT2D eigenvalue weighted by Crippen LogP contribution is 2.12. The lowest BCUT2D eigenvalue weighted by molar-refractivity contribution is 0.0842. The molecule has 0 radical (unpaired) electrons. The van der Waals surface area contributed by atoms with E-state index in [1.54, 1.807) is 11.8 Å². The van der Waals surface area contributed by atoms with Crippen LogP contribution in [0.3, 0.4) is 0 Å². The lowest BCUT2D eigenvalue weighted by Gasteiger charge is -2.31. The van der Waals surface area contributed by atoms with E-state index in [1.807, 2.05) is 30.3 Å². The average molecular weight is 306 g/mol. The second-order valence-corrected chi connectivity index (χ2v) is 5.17. The molecule has 0 atom stereocenters. The molecule has 1 saturated heterocycles. The topological polar surface area (TPSA) is 67.9 Å². The Hall–Kier alpha value is -2.24. The van der Waals surface area contributed by atoms with Crippen LogP contribution in [-0.4, -0.2) is 42.8 Å². The van der Waals surface area contributed by atoms with Crippen molar-refractivity contribution in [2.45, 2.75) is 32.4 Å². The van der Waals surface area contributed by atoms with Gasteiger partial charge in [0.15, 0.2) is 0 Å². The molecule has 22 heavy (non-hydrogen) atoms. The summed E-state index contributed by atoms with van der Waals surface area (Å²) >= 11 is 0. The fourth-order valence-electron chi connectivity index (χ4n) is 2.36. The molecule has 0 bridgehead atoms. The molecule has 0 aliphatic carbocycles. The second-order valence-electron chi connectivity index (χ2n) is 5.17. The van der Waals surface area contributed by atoms with Crippen molar-refractivity contribution in [3.8, 4) is 0 Å². The van der Waals surface area contributed by atoms with E-state index in [0.717, 1.165) is 5.56 Å². The van der Waals surface area contributed by atoms with Crippen LogP contribution in [-0.2, 0) is 16.1 Å². The first-order valence-corrected chi connectivity index (χ1v) is 7.58. The summed E-state index contributed by atoms with van der Waals surface area (Å²) < 4.78 is 10.1. The Labute approximate surface area is 130 Å². The van der Waals surface area contributed by atoms with Gasteiger partial charge < -0.3 is 19.7 Å². The van der Waals surface area contributed by atoms with Gasteiger partial charge in [-0.1, -0.05) is 30.3 Å². The van der Waals surface area contributed by atoms with Gasteiger partial charge in [-0.2, -0.15) is 0 Å². The Morgan fingerprint density at radius 1 is 1.18 bits per heavy atom. The van der Waals surface area contributed by atoms with Crippen LogP contribution in [0, 0.1) is 0 Å². The molecule has 1 fully saturated rings. The molecule has 1 aromatic carbocycles. The Kier molecular flexibility index (Phi) is 6.06. The number of piperidine rings is 1. The van der Waals surface area contributed by atoms with E-state index in [4.69, 9.17) is 9.47 Å². The lowest BCUT2D eigenvalue weighted by atomic mass is 10.1. The van der Waals surface area contributed by atoms with Crippen molar-refractivity contribution in [1.29, 1.82) is 0 Å². The maximum atomic E-state index is 12.0. The van der Waals surface area contributed by atoms with Crippen LogP contribution in [0.1, 0.15) is 25.3 Å². The summed E-state index contributed by atoms with van der Waals surface area (Å²) in [5.74, 6) is 0. The van der Waals surface area contributed by atoms with Crippen LogP contribution in [0.15, 0.2) is 30.3 Å².